The smallest absolute Gasteiger partial charge is 0.124 e. The predicted octanol–water partition coefficient (Wildman–Crippen LogP) is 2.25. The van der Waals surface area contributed by atoms with Gasteiger partial charge in [-0.05, 0) is 44.2 Å². The first-order valence-electron chi connectivity index (χ1n) is 7.07. The molecule has 86 valence electrons. The first-order chi connectivity index (χ1) is 8.39. The Labute approximate surface area is 101 Å². The first kappa shape index (κ1) is 8.02. The zero-order chi connectivity index (χ0) is 10.8. The number of hydrogen-bond acceptors (Lipinski definition) is 1. The van der Waals surface area contributed by atoms with Crippen molar-refractivity contribution in [2.75, 3.05) is 0 Å². The summed E-state index contributed by atoms with van der Waals surface area (Å²) in [6.07, 6.45) is 9.33. The molecule has 1 aromatic rings. The average Bonchev–Trinajstić information content (AvgIpc) is 2.97. The molecule has 4 atom stereocenters. The molecular formula is C15H16N2. The van der Waals surface area contributed by atoms with Crippen molar-refractivity contribution in [2.45, 2.75) is 43.8 Å². The van der Waals surface area contributed by atoms with E-state index >= 15 is 0 Å². The molecule has 17 heavy (non-hydrogen) atoms. The van der Waals surface area contributed by atoms with E-state index in [4.69, 9.17) is 0 Å². The van der Waals surface area contributed by atoms with Crippen LogP contribution in [-0.2, 0) is 18.5 Å². The number of rotatable bonds is 0. The number of allylic oxidation sites excluding steroid dienone is 1. The highest BCUT2D eigenvalue weighted by atomic mass is 15.5. The lowest BCUT2D eigenvalue weighted by molar-refractivity contribution is 0.0650. The highest BCUT2D eigenvalue weighted by Gasteiger charge is 2.69. The molecule has 2 heteroatoms. The van der Waals surface area contributed by atoms with E-state index in [1.807, 2.05) is 0 Å². The van der Waals surface area contributed by atoms with Crippen molar-refractivity contribution >= 4 is 0 Å². The van der Waals surface area contributed by atoms with E-state index in [0.29, 0.717) is 5.66 Å². The van der Waals surface area contributed by atoms with E-state index in [2.05, 4.69) is 27.7 Å². The fourth-order valence-corrected chi connectivity index (χ4v) is 5.99. The molecule has 1 spiro atoms. The Morgan fingerprint density at radius 3 is 2.76 bits per heavy atom. The van der Waals surface area contributed by atoms with Crippen LogP contribution in [0, 0.1) is 11.8 Å². The summed E-state index contributed by atoms with van der Waals surface area (Å²) in [7, 11) is 0. The molecule has 3 unspecified atom stereocenters. The molecule has 0 bridgehead atoms. The zero-order valence-corrected chi connectivity index (χ0v) is 9.89. The van der Waals surface area contributed by atoms with Gasteiger partial charge in [-0.15, -0.1) is 0 Å². The van der Waals surface area contributed by atoms with Crippen molar-refractivity contribution in [1.29, 1.82) is 0 Å². The van der Waals surface area contributed by atoms with Crippen molar-refractivity contribution < 1.29 is 0 Å². The molecule has 6 heterocycles. The van der Waals surface area contributed by atoms with Gasteiger partial charge in [0.2, 0.25) is 0 Å². The summed E-state index contributed by atoms with van der Waals surface area (Å²) in [5, 5.41) is 0. The van der Waals surface area contributed by atoms with Crippen LogP contribution in [0.2, 0.25) is 0 Å². The highest BCUT2D eigenvalue weighted by Crippen LogP contribution is 2.66. The minimum atomic E-state index is 0.418. The molecule has 6 rings (SSSR count). The van der Waals surface area contributed by atoms with Crippen LogP contribution in [0.5, 0.6) is 0 Å². The van der Waals surface area contributed by atoms with Gasteiger partial charge in [-0.25, -0.2) is 0 Å². The second kappa shape index (κ2) is 2.09. The van der Waals surface area contributed by atoms with Gasteiger partial charge in [0, 0.05) is 35.0 Å². The lowest BCUT2D eigenvalue weighted by Crippen LogP contribution is -2.45. The second-order valence-electron chi connectivity index (χ2n) is 6.63. The molecule has 2 saturated heterocycles. The zero-order valence-electron chi connectivity index (χ0n) is 9.89. The summed E-state index contributed by atoms with van der Waals surface area (Å²) in [6, 6.07) is 5.64. The predicted molar refractivity (Wildman–Crippen MR) is 64.4 cm³/mol. The second-order valence-corrected chi connectivity index (χ2v) is 6.63. The van der Waals surface area contributed by atoms with E-state index in [-0.39, 0.29) is 0 Å². The third kappa shape index (κ3) is 0.580. The van der Waals surface area contributed by atoms with Crippen LogP contribution in [-0.4, -0.2) is 15.5 Å². The van der Waals surface area contributed by atoms with Crippen LogP contribution < -0.4 is 0 Å². The summed E-state index contributed by atoms with van der Waals surface area (Å²) < 4.78 is 2.76. The SMILES string of the molecule is C1=C2CC3Cc4ccc5n4[C@@]34C(C5)CC(C1)N24. The van der Waals surface area contributed by atoms with Gasteiger partial charge in [-0.2, -0.15) is 0 Å². The van der Waals surface area contributed by atoms with Crippen LogP contribution in [0.3, 0.4) is 0 Å². The van der Waals surface area contributed by atoms with Crippen molar-refractivity contribution in [3.63, 3.8) is 0 Å². The standard InChI is InChI=1S/C15H16N2/c1-2-12-6-10-8-14-4-3-13-7-9-5-11(1)16(12)15(9,10)17(13)14/h1-3,9-10,14H,4-8H2/t9?,10?,14?,15-/m0/s1. The Morgan fingerprint density at radius 1 is 1.06 bits per heavy atom. The summed E-state index contributed by atoms with van der Waals surface area (Å²) >= 11 is 0. The van der Waals surface area contributed by atoms with E-state index < -0.39 is 0 Å². The molecule has 0 amide bonds. The third-order valence-electron chi connectivity index (χ3n) is 6.21. The molecule has 0 N–H and O–H groups in total. The Balaban J connectivity index is 1.75. The van der Waals surface area contributed by atoms with Gasteiger partial charge >= 0.3 is 0 Å². The third-order valence-corrected chi connectivity index (χ3v) is 6.21. The minimum absolute atomic E-state index is 0.418. The molecule has 2 fully saturated rings. The maximum Gasteiger partial charge on any atom is 0.124 e. The maximum atomic E-state index is 2.86. The van der Waals surface area contributed by atoms with Crippen molar-refractivity contribution in [3.8, 4) is 0 Å². The maximum absolute atomic E-state index is 2.86. The van der Waals surface area contributed by atoms with Crippen molar-refractivity contribution in [3.05, 3.63) is 35.3 Å². The van der Waals surface area contributed by atoms with E-state index in [1.54, 1.807) is 17.1 Å². The van der Waals surface area contributed by atoms with Crippen molar-refractivity contribution in [2.24, 2.45) is 11.8 Å². The molecule has 2 nitrogen and oxygen atoms in total. The lowest BCUT2D eigenvalue weighted by Gasteiger charge is -2.37. The fourth-order valence-electron chi connectivity index (χ4n) is 5.99. The van der Waals surface area contributed by atoms with Crippen LogP contribution in [0.4, 0.5) is 0 Å². The summed E-state index contributed by atoms with van der Waals surface area (Å²) in [5.74, 6) is 1.81. The van der Waals surface area contributed by atoms with Gasteiger partial charge in [0.05, 0.1) is 0 Å². The van der Waals surface area contributed by atoms with Crippen LogP contribution in [0.25, 0.3) is 0 Å². The Bertz CT molecular complexity index is 583. The largest absolute Gasteiger partial charge is 0.348 e. The molecule has 5 aliphatic heterocycles. The summed E-state index contributed by atoms with van der Waals surface area (Å²) in [4.78, 5) is 2.86. The first-order valence-corrected chi connectivity index (χ1v) is 7.07. The minimum Gasteiger partial charge on any atom is -0.348 e. The normalized spacial score (nSPS) is 46.7. The van der Waals surface area contributed by atoms with E-state index in [9.17, 15) is 0 Å². The van der Waals surface area contributed by atoms with Gasteiger partial charge < -0.3 is 9.47 Å². The van der Waals surface area contributed by atoms with Crippen molar-refractivity contribution in [1.82, 2.24) is 9.47 Å². The number of aromatic nitrogens is 1. The van der Waals surface area contributed by atoms with Gasteiger partial charge in [0.15, 0.2) is 0 Å². The van der Waals surface area contributed by atoms with Gasteiger partial charge in [-0.3, -0.25) is 0 Å². The lowest BCUT2D eigenvalue weighted by atomic mass is 9.83. The monoisotopic (exact) mass is 224 g/mol. The molecule has 1 aromatic heterocycles. The highest BCUT2D eigenvalue weighted by molar-refractivity contribution is 5.40. The number of hydrogen-bond donors (Lipinski definition) is 0. The molecule has 0 saturated carbocycles. The molecular weight excluding hydrogens is 208 g/mol. The van der Waals surface area contributed by atoms with Crippen LogP contribution in [0.1, 0.15) is 30.7 Å². The van der Waals surface area contributed by atoms with Crippen LogP contribution >= 0.6 is 0 Å². The Morgan fingerprint density at radius 2 is 1.88 bits per heavy atom. The van der Waals surface area contributed by atoms with Crippen LogP contribution in [0.15, 0.2) is 23.9 Å². The quantitative estimate of drug-likeness (QED) is 0.656. The number of nitrogens with zero attached hydrogens (tertiary/aromatic N) is 2. The van der Waals surface area contributed by atoms with E-state index in [1.165, 1.54) is 32.1 Å². The Kier molecular flexibility index (Phi) is 0.984. The van der Waals surface area contributed by atoms with Gasteiger partial charge in [0.25, 0.3) is 0 Å². The fraction of sp³-hybridized carbons (Fsp3) is 0.600. The topological polar surface area (TPSA) is 8.17 Å². The molecule has 0 aromatic carbocycles. The Hall–Kier alpha value is -1.18. The molecule has 0 aliphatic carbocycles. The van der Waals surface area contributed by atoms with Gasteiger partial charge in [-0.1, -0.05) is 6.08 Å². The van der Waals surface area contributed by atoms with Gasteiger partial charge in [0.1, 0.15) is 5.66 Å². The van der Waals surface area contributed by atoms with E-state index in [0.717, 1.165) is 17.9 Å². The molecule has 5 aliphatic rings. The molecule has 0 radical (unpaired) electrons. The summed E-state index contributed by atoms with van der Waals surface area (Å²) in [6.45, 7) is 0. The average molecular weight is 224 g/mol. The summed E-state index contributed by atoms with van der Waals surface area (Å²) in [5.41, 5.74) is 5.36.